The second-order valence-electron chi connectivity index (χ2n) is 7.88. The number of nitrogen functional groups attached to an aromatic ring is 1. The van der Waals surface area contributed by atoms with Gasteiger partial charge in [0, 0.05) is 10.9 Å². The van der Waals surface area contributed by atoms with E-state index in [1.165, 1.54) is 4.68 Å². The lowest BCUT2D eigenvalue weighted by atomic mass is 10.1. The first-order chi connectivity index (χ1) is 14.2. The average Bonchev–Trinajstić information content (AvgIpc) is 3.21. The number of anilines is 1. The summed E-state index contributed by atoms with van der Waals surface area (Å²) in [6, 6.07) is 15.6. The van der Waals surface area contributed by atoms with Crippen molar-refractivity contribution in [3.8, 4) is 11.3 Å². The van der Waals surface area contributed by atoms with Gasteiger partial charge in [-0.15, -0.1) is 10.2 Å². The first-order valence-corrected chi connectivity index (χ1v) is 10.5. The number of aromatic nitrogens is 5. The van der Waals surface area contributed by atoms with Crippen molar-refractivity contribution in [2.75, 3.05) is 5.73 Å². The van der Waals surface area contributed by atoms with Crippen molar-refractivity contribution in [3.63, 3.8) is 0 Å². The molecule has 0 unspecified atom stereocenters. The number of hydrogen-bond donors (Lipinski definition) is 1. The third-order valence-corrected chi connectivity index (χ3v) is 5.47. The third-order valence-electron chi connectivity index (χ3n) is 4.40. The summed E-state index contributed by atoms with van der Waals surface area (Å²) >= 11 is 2.24. The lowest BCUT2D eigenvalue weighted by Crippen LogP contribution is -2.27. The first-order valence-electron chi connectivity index (χ1n) is 9.38. The molecule has 2 N–H and O–H groups in total. The lowest BCUT2D eigenvalue weighted by molar-refractivity contribution is 0.0523. The minimum absolute atomic E-state index is 0.254. The number of hydrogen-bond acceptors (Lipinski definition) is 6. The van der Waals surface area contributed by atoms with E-state index in [9.17, 15) is 4.79 Å². The Morgan fingerprint density at radius 3 is 2.60 bits per heavy atom. The van der Waals surface area contributed by atoms with Crippen LogP contribution in [0.2, 0.25) is 0 Å². The summed E-state index contributed by atoms with van der Waals surface area (Å²) in [5.41, 5.74) is 8.78. The van der Waals surface area contributed by atoms with E-state index in [0.29, 0.717) is 17.4 Å². The number of rotatable bonds is 3. The molecule has 0 aliphatic heterocycles. The van der Waals surface area contributed by atoms with Crippen LogP contribution in [0.5, 0.6) is 0 Å². The Kier molecular flexibility index (Phi) is 5.22. The fraction of sp³-hybridized carbons (Fsp3) is 0.238. The predicted molar refractivity (Wildman–Crippen MR) is 123 cm³/mol. The number of fused-ring (bicyclic) bond motifs is 1. The van der Waals surface area contributed by atoms with E-state index in [1.807, 2.05) is 35.0 Å². The molecule has 2 aromatic carbocycles. The van der Waals surface area contributed by atoms with E-state index in [2.05, 4.69) is 50.1 Å². The Labute approximate surface area is 187 Å². The number of nitrogens with two attached hydrogens (primary N) is 1. The molecule has 0 fully saturated rings. The molecule has 0 aliphatic rings. The molecule has 0 saturated heterocycles. The number of halogens is 1. The first kappa shape index (κ1) is 20.3. The van der Waals surface area contributed by atoms with Gasteiger partial charge >= 0.3 is 6.09 Å². The summed E-state index contributed by atoms with van der Waals surface area (Å²) in [4.78, 5) is 12.5. The molecule has 0 spiro atoms. The summed E-state index contributed by atoms with van der Waals surface area (Å²) in [6.45, 7) is 6.04. The largest absolute Gasteiger partial charge is 0.442 e. The number of benzene rings is 2. The van der Waals surface area contributed by atoms with Gasteiger partial charge in [0.05, 0.1) is 12.1 Å². The van der Waals surface area contributed by atoms with Gasteiger partial charge in [-0.2, -0.15) is 4.68 Å². The van der Waals surface area contributed by atoms with Crippen molar-refractivity contribution in [1.82, 2.24) is 24.8 Å². The van der Waals surface area contributed by atoms with Crippen LogP contribution in [0.4, 0.5) is 10.6 Å². The van der Waals surface area contributed by atoms with Crippen LogP contribution in [0.3, 0.4) is 0 Å². The Hall–Kier alpha value is -2.95. The van der Waals surface area contributed by atoms with Gasteiger partial charge in [-0.05, 0) is 61.1 Å². The van der Waals surface area contributed by atoms with E-state index in [0.717, 1.165) is 20.5 Å². The molecule has 9 heteroatoms. The zero-order valence-corrected chi connectivity index (χ0v) is 19.0. The third kappa shape index (κ3) is 4.02. The number of nitrogens with zero attached hydrogens (tertiary/aromatic N) is 5. The summed E-state index contributed by atoms with van der Waals surface area (Å²) in [5, 5.41) is 13.5. The highest BCUT2D eigenvalue weighted by molar-refractivity contribution is 14.1. The van der Waals surface area contributed by atoms with Gasteiger partial charge in [0.2, 0.25) is 0 Å². The van der Waals surface area contributed by atoms with E-state index in [-0.39, 0.29) is 5.82 Å². The zero-order valence-electron chi connectivity index (χ0n) is 16.8. The van der Waals surface area contributed by atoms with Crippen molar-refractivity contribution in [1.29, 1.82) is 0 Å². The molecule has 0 radical (unpaired) electrons. The van der Waals surface area contributed by atoms with Crippen molar-refractivity contribution in [2.24, 2.45) is 0 Å². The molecule has 30 heavy (non-hydrogen) atoms. The van der Waals surface area contributed by atoms with Gasteiger partial charge in [0.1, 0.15) is 15.0 Å². The van der Waals surface area contributed by atoms with Crippen LogP contribution in [-0.2, 0) is 11.3 Å². The Morgan fingerprint density at radius 1 is 1.17 bits per heavy atom. The van der Waals surface area contributed by atoms with E-state index < -0.39 is 11.7 Å². The van der Waals surface area contributed by atoms with Gasteiger partial charge in [0.25, 0.3) is 0 Å². The van der Waals surface area contributed by atoms with Crippen molar-refractivity contribution < 1.29 is 9.53 Å². The zero-order chi connectivity index (χ0) is 21.5. The Morgan fingerprint density at radius 2 is 1.90 bits per heavy atom. The molecule has 0 saturated carbocycles. The molecular formula is C21H21IN6O2. The fourth-order valence-corrected chi connectivity index (χ4v) is 3.76. The second kappa shape index (κ2) is 7.71. The van der Waals surface area contributed by atoms with Crippen LogP contribution in [0.25, 0.3) is 22.2 Å². The van der Waals surface area contributed by atoms with Crippen LogP contribution in [0.15, 0.2) is 48.5 Å². The average molecular weight is 516 g/mol. The molecule has 0 bridgehead atoms. The van der Waals surface area contributed by atoms with Crippen LogP contribution < -0.4 is 5.73 Å². The maximum Gasteiger partial charge on any atom is 0.435 e. The molecule has 0 atom stereocenters. The molecular weight excluding hydrogens is 495 g/mol. The quantitative estimate of drug-likeness (QED) is 0.408. The summed E-state index contributed by atoms with van der Waals surface area (Å²) in [6.07, 6.45) is -0.569. The summed E-state index contributed by atoms with van der Waals surface area (Å²) in [7, 11) is 0. The van der Waals surface area contributed by atoms with Crippen LogP contribution in [0, 0.1) is 3.70 Å². The topological polar surface area (TPSA) is 101 Å². The van der Waals surface area contributed by atoms with Gasteiger partial charge in [-0.3, -0.25) is 0 Å². The molecule has 154 valence electrons. The molecule has 4 rings (SSSR count). The van der Waals surface area contributed by atoms with E-state index in [1.54, 1.807) is 26.8 Å². The van der Waals surface area contributed by atoms with Crippen molar-refractivity contribution in [2.45, 2.75) is 32.9 Å². The van der Waals surface area contributed by atoms with E-state index >= 15 is 0 Å². The fourth-order valence-electron chi connectivity index (χ4n) is 3.07. The molecule has 0 amide bonds. The number of carbonyl (C=O) groups is 1. The van der Waals surface area contributed by atoms with Gasteiger partial charge in [-0.25, -0.2) is 9.48 Å². The van der Waals surface area contributed by atoms with Crippen molar-refractivity contribution in [3.05, 3.63) is 57.8 Å². The van der Waals surface area contributed by atoms with Gasteiger partial charge < -0.3 is 10.5 Å². The highest BCUT2D eigenvalue weighted by Crippen LogP contribution is 2.29. The normalized spacial score (nSPS) is 11.7. The molecule has 4 aromatic rings. The molecule has 2 heterocycles. The molecule has 0 aliphatic carbocycles. The molecule has 8 nitrogen and oxygen atoms in total. The second-order valence-corrected chi connectivity index (χ2v) is 8.90. The number of ether oxygens (including phenoxy) is 1. The number of carbonyl (C=O) groups excluding carboxylic acids is 1. The summed E-state index contributed by atoms with van der Waals surface area (Å²) < 4.78 is 9.37. The Balaban J connectivity index is 1.68. The standard InChI is InChI=1S/C21H21IN6O2/c1-21(2,3)30-20(29)28-16-10-9-14(11-15(16)19(23)25-28)17-18(22)27(26-24-17)12-13-7-5-4-6-8-13/h4-11H,12H2,1-3H3,(H2,23,25). The Bertz CT molecular complexity index is 1220. The summed E-state index contributed by atoms with van der Waals surface area (Å²) in [5.74, 6) is 0.254. The monoisotopic (exact) mass is 516 g/mol. The smallest absolute Gasteiger partial charge is 0.435 e. The van der Waals surface area contributed by atoms with E-state index in [4.69, 9.17) is 10.5 Å². The van der Waals surface area contributed by atoms with Crippen molar-refractivity contribution >= 4 is 45.4 Å². The maximum atomic E-state index is 12.5. The highest BCUT2D eigenvalue weighted by Gasteiger charge is 2.22. The highest BCUT2D eigenvalue weighted by atomic mass is 127. The maximum absolute atomic E-state index is 12.5. The molecule has 2 aromatic heterocycles. The van der Waals surface area contributed by atoms with Gasteiger partial charge in [-0.1, -0.05) is 41.6 Å². The van der Waals surface area contributed by atoms with Crippen LogP contribution in [-0.4, -0.2) is 36.5 Å². The van der Waals surface area contributed by atoms with Gasteiger partial charge in [0.15, 0.2) is 5.82 Å². The minimum Gasteiger partial charge on any atom is -0.442 e. The predicted octanol–water partition coefficient (Wildman–Crippen LogP) is 4.31. The van der Waals surface area contributed by atoms with Crippen LogP contribution in [0.1, 0.15) is 26.3 Å². The minimum atomic E-state index is -0.628. The SMILES string of the molecule is CC(C)(C)OC(=O)n1nc(N)c2cc(-c3nnn(Cc4ccccc4)c3I)ccc21. The van der Waals surface area contributed by atoms with Crippen LogP contribution >= 0.6 is 22.6 Å². The lowest BCUT2D eigenvalue weighted by Gasteiger charge is -2.19.